The van der Waals surface area contributed by atoms with Crippen LogP contribution in [0.25, 0.3) is 0 Å². The summed E-state index contributed by atoms with van der Waals surface area (Å²) >= 11 is 0. The topological polar surface area (TPSA) is 131 Å². The minimum Gasteiger partial charge on any atom is -0.445 e. The average Bonchev–Trinajstić information content (AvgIpc) is 3.34. The van der Waals surface area contributed by atoms with Gasteiger partial charge in [-0.3, -0.25) is 14.4 Å². The molecule has 0 aromatic heterocycles. The lowest BCUT2D eigenvalue weighted by molar-refractivity contribution is -0.135. The van der Waals surface area contributed by atoms with Crippen molar-refractivity contribution in [3.63, 3.8) is 0 Å². The molecule has 0 bridgehead atoms. The number of carbonyl (C=O) groups excluding carboxylic acids is 4. The molecule has 36 heavy (non-hydrogen) atoms. The molecule has 4 amide bonds. The number of alkyl carbamates (subject to hydrolysis) is 1. The zero-order chi connectivity index (χ0) is 25.9. The Hall–Kier alpha value is -3.88. The molecule has 0 saturated carbocycles. The lowest BCUT2D eigenvalue weighted by Crippen LogP contribution is -2.52. The van der Waals surface area contributed by atoms with Crippen molar-refractivity contribution in [1.82, 2.24) is 10.2 Å². The summed E-state index contributed by atoms with van der Waals surface area (Å²) in [6.07, 6.45) is -0.135. The van der Waals surface area contributed by atoms with Gasteiger partial charge >= 0.3 is 6.09 Å². The van der Waals surface area contributed by atoms with Crippen LogP contribution in [-0.4, -0.2) is 47.3 Å². The number of benzene rings is 2. The second kappa shape index (κ2) is 10.4. The summed E-state index contributed by atoms with van der Waals surface area (Å²) in [5.74, 6) is -1.03. The first-order chi connectivity index (χ1) is 17.2. The molecule has 4 rings (SSSR count). The third-order valence-electron chi connectivity index (χ3n) is 6.82. The second-order valence-electron chi connectivity index (χ2n) is 9.96. The summed E-state index contributed by atoms with van der Waals surface area (Å²) in [7, 11) is 0. The summed E-state index contributed by atoms with van der Waals surface area (Å²) in [5.41, 5.74) is 6.88. The molecule has 9 heteroatoms. The van der Waals surface area contributed by atoms with Crippen LogP contribution in [-0.2, 0) is 31.1 Å². The molecule has 190 valence electrons. The highest BCUT2D eigenvalue weighted by atomic mass is 16.5. The number of rotatable bonds is 8. The highest BCUT2D eigenvalue weighted by Gasteiger charge is 2.56. The van der Waals surface area contributed by atoms with Crippen LogP contribution in [0.4, 0.5) is 10.5 Å². The van der Waals surface area contributed by atoms with E-state index < -0.39 is 29.5 Å². The molecule has 2 heterocycles. The first kappa shape index (κ1) is 25.2. The van der Waals surface area contributed by atoms with Crippen molar-refractivity contribution in [2.24, 2.45) is 11.7 Å². The van der Waals surface area contributed by atoms with Crippen molar-refractivity contribution >= 4 is 29.5 Å². The molecule has 2 aromatic carbocycles. The lowest BCUT2D eigenvalue weighted by atomic mass is 9.79. The summed E-state index contributed by atoms with van der Waals surface area (Å²) in [5, 5.41) is 5.62. The first-order valence-corrected chi connectivity index (χ1v) is 12.2. The number of anilines is 1. The summed E-state index contributed by atoms with van der Waals surface area (Å²) in [6, 6.07) is 15.2. The van der Waals surface area contributed by atoms with Crippen molar-refractivity contribution in [2.75, 3.05) is 11.9 Å². The van der Waals surface area contributed by atoms with E-state index in [9.17, 15) is 19.2 Å². The van der Waals surface area contributed by atoms with Gasteiger partial charge in [0.15, 0.2) is 0 Å². The molecule has 2 aromatic rings. The third-order valence-corrected chi connectivity index (χ3v) is 6.82. The molecule has 2 aliphatic rings. The fourth-order valence-corrected chi connectivity index (χ4v) is 5.20. The fourth-order valence-electron chi connectivity index (χ4n) is 5.20. The second-order valence-corrected chi connectivity index (χ2v) is 9.96. The van der Waals surface area contributed by atoms with Gasteiger partial charge in [-0.25, -0.2) is 4.79 Å². The molecule has 0 aliphatic carbocycles. The maximum Gasteiger partial charge on any atom is 0.408 e. The molecule has 1 fully saturated rings. The van der Waals surface area contributed by atoms with E-state index in [1.54, 1.807) is 0 Å². The number of hydrogen-bond acceptors (Lipinski definition) is 5. The van der Waals surface area contributed by atoms with Gasteiger partial charge in [0.2, 0.25) is 17.7 Å². The van der Waals surface area contributed by atoms with Crippen LogP contribution >= 0.6 is 0 Å². The number of hydrogen-bond donors (Lipinski definition) is 3. The number of para-hydroxylation sites is 1. The number of primary amides is 1. The van der Waals surface area contributed by atoms with Crippen LogP contribution in [0.5, 0.6) is 0 Å². The Morgan fingerprint density at radius 3 is 2.53 bits per heavy atom. The van der Waals surface area contributed by atoms with Gasteiger partial charge in [-0.1, -0.05) is 62.4 Å². The fraction of sp³-hybridized carbons (Fsp3) is 0.407. The van der Waals surface area contributed by atoms with Crippen molar-refractivity contribution < 1.29 is 23.9 Å². The van der Waals surface area contributed by atoms with Crippen molar-refractivity contribution in [3.05, 3.63) is 65.7 Å². The van der Waals surface area contributed by atoms with Crippen LogP contribution < -0.4 is 16.4 Å². The van der Waals surface area contributed by atoms with Crippen LogP contribution in [0.15, 0.2) is 54.6 Å². The van der Waals surface area contributed by atoms with Gasteiger partial charge in [0, 0.05) is 24.7 Å². The van der Waals surface area contributed by atoms with E-state index in [1.165, 1.54) is 4.90 Å². The molecule has 1 spiro atoms. The van der Waals surface area contributed by atoms with Gasteiger partial charge in [0.1, 0.15) is 12.6 Å². The number of amides is 4. The smallest absolute Gasteiger partial charge is 0.408 e. The highest BCUT2D eigenvalue weighted by molar-refractivity contribution is 6.07. The van der Waals surface area contributed by atoms with E-state index in [-0.39, 0.29) is 43.7 Å². The summed E-state index contributed by atoms with van der Waals surface area (Å²) < 4.78 is 5.34. The molecule has 0 unspecified atom stereocenters. The lowest BCUT2D eigenvalue weighted by Gasteiger charge is -2.30. The van der Waals surface area contributed by atoms with Crippen LogP contribution in [0, 0.1) is 5.92 Å². The van der Waals surface area contributed by atoms with Crippen LogP contribution in [0.1, 0.15) is 44.2 Å². The van der Waals surface area contributed by atoms with E-state index in [2.05, 4.69) is 10.6 Å². The van der Waals surface area contributed by atoms with E-state index in [0.717, 1.165) is 11.1 Å². The predicted octanol–water partition coefficient (Wildman–Crippen LogP) is 2.69. The van der Waals surface area contributed by atoms with Gasteiger partial charge in [-0.2, -0.15) is 0 Å². The molecular weight excluding hydrogens is 460 g/mol. The number of carbonyl (C=O) groups is 4. The molecule has 4 N–H and O–H groups in total. The van der Waals surface area contributed by atoms with Gasteiger partial charge in [0.25, 0.3) is 0 Å². The van der Waals surface area contributed by atoms with E-state index in [4.69, 9.17) is 10.5 Å². The molecule has 3 atom stereocenters. The number of nitrogens with one attached hydrogen (secondary N) is 2. The minimum atomic E-state index is -0.970. The van der Waals surface area contributed by atoms with Gasteiger partial charge < -0.3 is 26.0 Å². The monoisotopic (exact) mass is 492 g/mol. The highest BCUT2D eigenvalue weighted by Crippen LogP contribution is 2.47. The molecular formula is C27H32N4O5. The Kier molecular flexibility index (Phi) is 7.28. The number of nitrogens with two attached hydrogens (primary N) is 1. The standard InChI is InChI=1S/C27H32N4O5/c1-17(2)12-22(30-26(35)36-15-18-8-4-3-5-9-18)24(33)31-16-27(14-19(31)13-23(28)32)20-10-6-7-11-21(20)29-25(27)34/h3-11,17,19,22H,12-16H2,1-2H3,(H2,28,32)(H,29,34)(H,30,35)/t19-,22+,27+/m1/s1. The van der Waals surface area contributed by atoms with Gasteiger partial charge in [0.05, 0.1) is 5.41 Å². The quantitative estimate of drug-likeness (QED) is 0.522. The van der Waals surface area contributed by atoms with Crippen LogP contribution in [0.2, 0.25) is 0 Å². The molecule has 2 aliphatic heterocycles. The number of ether oxygens (including phenoxy) is 1. The zero-order valence-electron chi connectivity index (χ0n) is 20.5. The largest absolute Gasteiger partial charge is 0.445 e. The maximum absolute atomic E-state index is 13.8. The Morgan fingerprint density at radius 2 is 1.83 bits per heavy atom. The minimum absolute atomic E-state index is 0.0728. The van der Waals surface area contributed by atoms with Crippen LogP contribution in [0.3, 0.4) is 0 Å². The zero-order valence-corrected chi connectivity index (χ0v) is 20.5. The van der Waals surface area contributed by atoms with E-state index in [1.807, 2.05) is 68.4 Å². The maximum atomic E-state index is 13.8. The summed E-state index contributed by atoms with van der Waals surface area (Å²) in [4.78, 5) is 53.0. The van der Waals surface area contributed by atoms with Crippen molar-refractivity contribution in [1.29, 1.82) is 0 Å². The Morgan fingerprint density at radius 1 is 1.14 bits per heavy atom. The molecule has 9 nitrogen and oxygen atoms in total. The Labute approximate surface area is 210 Å². The Bertz CT molecular complexity index is 1150. The Balaban J connectivity index is 1.55. The van der Waals surface area contributed by atoms with Gasteiger partial charge in [-0.05, 0) is 36.0 Å². The van der Waals surface area contributed by atoms with Gasteiger partial charge in [-0.15, -0.1) is 0 Å². The molecule has 1 saturated heterocycles. The van der Waals surface area contributed by atoms with E-state index >= 15 is 0 Å². The van der Waals surface area contributed by atoms with Crippen molar-refractivity contribution in [2.45, 2.75) is 57.2 Å². The normalized spacial score (nSPS) is 21.2. The number of fused-ring (bicyclic) bond motifs is 2. The molecule has 0 radical (unpaired) electrons. The third kappa shape index (κ3) is 5.19. The average molecular weight is 493 g/mol. The summed E-state index contributed by atoms with van der Waals surface area (Å²) in [6.45, 7) is 4.07. The first-order valence-electron chi connectivity index (χ1n) is 12.2. The SMILES string of the molecule is CC(C)C[C@H](NC(=O)OCc1ccccc1)C(=O)N1C[C@]2(C[C@H]1CC(N)=O)C(=O)Nc1ccccc12. The van der Waals surface area contributed by atoms with E-state index in [0.29, 0.717) is 12.1 Å². The predicted molar refractivity (Wildman–Crippen MR) is 134 cm³/mol. The van der Waals surface area contributed by atoms with Crippen molar-refractivity contribution in [3.8, 4) is 0 Å². The number of likely N-dealkylation sites (tertiary alicyclic amines) is 1. The number of nitrogens with zero attached hydrogens (tertiary/aromatic N) is 1.